The van der Waals surface area contributed by atoms with Crippen molar-refractivity contribution < 1.29 is 0 Å². The minimum absolute atomic E-state index is 0.760. The van der Waals surface area contributed by atoms with Crippen molar-refractivity contribution in [3.63, 3.8) is 0 Å². The molecular formula is C10H21N3. The predicted octanol–water partition coefficient (Wildman–Crippen LogP) is 0.534. The number of rotatable bonds is 4. The molecule has 0 bridgehead atoms. The van der Waals surface area contributed by atoms with E-state index in [9.17, 15) is 0 Å². The van der Waals surface area contributed by atoms with Crippen LogP contribution in [0.2, 0.25) is 0 Å². The van der Waals surface area contributed by atoms with Crippen LogP contribution in [0.15, 0.2) is 11.8 Å². The number of hydrogen-bond acceptors (Lipinski definition) is 3. The van der Waals surface area contributed by atoms with Gasteiger partial charge in [-0.1, -0.05) is 13.0 Å². The maximum absolute atomic E-state index is 5.49. The Labute approximate surface area is 81.0 Å². The van der Waals surface area contributed by atoms with E-state index in [-0.39, 0.29) is 0 Å². The molecular weight excluding hydrogens is 162 g/mol. The highest BCUT2D eigenvalue weighted by atomic mass is 15.2. The number of hydrogen-bond donors (Lipinski definition) is 2. The monoisotopic (exact) mass is 183 g/mol. The lowest BCUT2D eigenvalue weighted by atomic mass is 10.2. The van der Waals surface area contributed by atoms with E-state index in [1.807, 2.05) is 0 Å². The van der Waals surface area contributed by atoms with Gasteiger partial charge in [-0.05, 0) is 19.4 Å². The Morgan fingerprint density at radius 2 is 2.15 bits per heavy atom. The summed E-state index contributed by atoms with van der Waals surface area (Å²) in [5.74, 6) is 0. The van der Waals surface area contributed by atoms with Crippen molar-refractivity contribution >= 4 is 0 Å². The summed E-state index contributed by atoms with van der Waals surface area (Å²) >= 11 is 0. The molecule has 0 aromatic carbocycles. The lowest BCUT2D eigenvalue weighted by molar-refractivity contribution is 0.291. The molecule has 0 atom stereocenters. The van der Waals surface area contributed by atoms with Gasteiger partial charge in [0.05, 0.1) is 0 Å². The highest BCUT2D eigenvalue weighted by Crippen LogP contribution is 2.10. The first-order chi connectivity index (χ1) is 6.38. The molecule has 76 valence electrons. The summed E-state index contributed by atoms with van der Waals surface area (Å²) in [7, 11) is 0. The second kappa shape index (κ2) is 6.00. The molecule has 13 heavy (non-hydrogen) atoms. The molecule has 0 spiro atoms. The van der Waals surface area contributed by atoms with E-state index in [1.165, 1.54) is 5.70 Å². The molecule has 3 heteroatoms. The van der Waals surface area contributed by atoms with Gasteiger partial charge in [0.15, 0.2) is 0 Å². The van der Waals surface area contributed by atoms with Crippen LogP contribution in [0.25, 0.3) is 0 Å². The van der Waals surface area contributed by atoms with Crippen molar-refractivity contribution in [3.05, 3.63) is 11.8 Å². The third-order valence-electron chi connectivity index (χ3n) is 2.43. The van der Waals surface area contributed by atoms with Crippen LogP contribution in [0.1, 0.15) is 19.8 Å². The van der Waals surface area contributed by atoms with Gasteiger partial charge in [0.1, 0.15) is 0 Å². The van der Waals surface area contributed by atoms with Crippen LogP contribution in [0.4, 0.5) is 0 Å². The van der Waals surface area contributed by atoms with Crippen LogP contribution >= 0.6 is 0 Å². The quantitative estimate of drug-likeness (QED) is 0.668. The fourth-order valence-electron chi connectivity index (χ4n) is 1.70. The minimum atomic E-state index is 0.760. The molecule has 3 nitrogen and oxygen atoms in total. The largest absolute Gasteiger partial charge is 0.373 e. The number of piperazine rings is 1. The molecule has 0 saturated carbocycles. The van der Waals surface area contributed by atoms with Gasteiger partial charge >= 0.3 is 0 Å². The molecule has 1 saturated heterocycles. The Bertz CT molecular complexity index is 160. The molecule has 1 aliphatic rings. The summed E-state index contributed by atoms with van der Waals surface area (Å²) in [5.41, 5.74) is 6.95. The standard InChI is InChI=1S/C10H21N3/c1-2-10(4-3-5-11)13-8-6-12-7-9-13/h4,12H,2-3,5-9,11H2,1H3. The zero-order valence-electron chi connectivity index (χ0n) is 8.55. The Balaban J connectivity index is 2.43. The normalized spacial score (nSPS) is 19.2. The molecule has 0 unspecified atom stereocenters. The maximum Gasteiger partial charge on any atom is 0.0300 e. The summed E-state index contributed by atoms with van der Waals surface area (Å²) in [6.07, 6.45) is 4.42. The summed E-state index contributed by atoms with van der Waals surface area (Å²) in [6, 6.07) is 0. The van der Waals surface area contributed by atoms with Crippen LogP contribution in [0.3, 0.4) is 0 Å². The second-order valence-corrected chi connectivity index (χ2v) is 3.36. The second-order valence-electron chi connectivity index (χ2n) is 3.36. The Hall–Kier alpha value is -0.540. The molecule has 1 fully saturated rings. The molecule has 0 aromatic rings. The van der Waals surface area contributed by atoms with Crippen molar-refractivity contribution in [2.24, 2.45) is 5.73 Å². The van der Waals surface area contributed by atoms with E-state index in [4.69, 9.17) is 5.73 Å². The van der Waals surface area contributed by atoms with E-state index in [2.05, 4.69) is 23.2 Å². The van der Waals surface area contributed by atoms with Gasteiger partial charge in [0.2, 0.25) is 0 Å². The van der Waals surface area contributed by atoms with Gasteiger partial charge < -0.3 is 16.0 Å². The molecule has 0 aliphatic carbocycles. The smallest absolute Gasteiger partial charge is 0.0300 e. The van der Waals surface area contributed by atoms with Gasteiger partial charge in [0, 0.05) is 31.9 Å². The first-order valence-corrected chi connectivity index (χ1v) is 5.23. The summed E-state index contributed by atoms with van der Waals surface area (Å²) in [4.78, 5) is 2.46. The van der Waals surface area contributed by atoms with Crippen molar-refractivity contribution in [2.45, 2.75) is 19.8 Å². The third-order valence-corrected chi connectivity index (χ3v) is 2.43. The number of allylic oxidation sites excluding steroid dienone is 1. The lowest BCUT2D eigenvalue weighted by Gasteiger charge is -2.31. The van der Waals surface area contributed by atoms with Crippen LogP contribution in [0, 0.1) is 0 Å². The van der Waals surface area contributed by atoms with Crippen molar-refractivity contribution in [2.75, 3.05) is 32.7 Å². The summed E-state index contributed by atoms with van der Waals surface area (Å²) in [6.45, 7) is 7.48. The molecule has 1 rings (SSSR count). The molecule has 3 N–H and O–H groups in total. The lowest BCUT2D eigenvalue weighted by Crippen LogP contribution is -2.42. The minimum Gasteiger partial charge on any atom is -0.373 e. The van der Waals surface area contributed by atoms with E-state index >= 15 is 0 Å². The average molecular weight is 183 g/mol. The SMILES string of the molecule is CCC(=CCCN)N1CCNCC1. The molecule has 0 aromatic heterocycles. The van der Waals surface area contributed by atoms with E-state index in [0.29, 0.717) is 0 Å². The number of nitrogens with zero attached hydrogens (tertiary/aromatic N) is 1. The van der Waals surface area contributed by atoms with E-state index in [1.54, 1.807) is 0 Å². The van der Waals surface area contributed by atoms with E-state index < -0.39 is 0 Å². The van der Waals surface area contributed by atoms with Crippen LogP contribution in [0.5, 0.6) is 0 Å². The zero-order valence-corrected chi connectivity index (χ0v) is 8.55. The number of nitrogens with two attached hydrogens (primary N) is 1. The third kappa shape index (κ3) is 3.36. The first-order valence-electron chi connectivity index (χ1n) is 5.23. The van der Waals surface area contributed by atoms with Crippen LogP contribution < -0.4 is 11.1 Å². The van der Waals surface area contributed by atoms with Gasteiger partial charge in [-0.15, -0.1) is 0 Å². The average Bonchev–Trinajstić information content (AvgIpc) is 2.21. The highest BCUT2D eigenvalue weighted by molar-refractivity contribution is 5.02. The summed E-state index contributed by atoms with van der Waals surface area (Å²) in [5, 5.41) is 3.36. The van der Waals surface area contributed by atoms with Crippen LogP contribution in [-0.4, -0.2) is 37.6 Å². The number of nitrogens with one attached hydrogen (secondary N) is 1. The molecule has 1 aliphatic heterocycles. The van der Waals surface area contributed by atoms with Gasteiger partial charge in [-0.25, -0.2) is 0 Å². The Morgan fingerprint density at radius 1 is 1.46 bits per heavy atom. The topological polar surface area (TPSA) is 41.3 Å². The van der Waals surface area contributed by atoms with Crippen molar-refractivity contribution in [3.8, 4) is 0 Å². The maximum atomic E-state index is 5.49. The first kappa shape index (κ1) is 10.5. The Morgan fingerprint density at radius 3 is 2.69 bits per heavy atom. The molecule has 0 amide bonds. The van der Waals surface area contributed by atoms with Crippen molar-refractivity contribution in [1.29, 1.82) is 0 Å². The van der Waals surface area contributed by atoms with E-state index in [0.717, 1.165) is 45.6 Å². The van der Waals surface area contributed by atoms with Gasteiger partial charge in [0.25, 0.3) is 0 Å². The fraction of sp³-hybridized carbons (Fsp3) is 0.800. The predicted molar refractivity (Wildman–Crippen MR) is 56.5 cm³/mol. The fourth-order valence-corrected chi connectivity index (χ4v) is 1.70. The Kier molecular flexibility index (Phi) is 4.86. The molecule has 1 heterocycles. The van der Waals surface area contributed by atoms with Crippen molar-refractivity contribution in [1.82, 2.24) is 10.2 Å². The van der Waals surface area contributed by atoms with Gasteiger partial charge in [-0.3, -0.25) is 0 Å². The van der Waals surface area contributed by atoms with Gasteiger partial charge in [-0.2, -0.15) is 0 Å². The highest BCUT2D eigenvalue weighted by Gasteiger charge is 2.10. The van der Waals surface area contributed by atoms with Crippen LogP contribution in [-0.2, 0) is 0 Å². The molecule has 0 radical (unpaired) electrons. The zero-order chi connectivity index (χ0) is 9.52. The summed E-state index contributed by atoms with van der Waals surface area (Å²) < 4.78 is 0.